The van der Waals surface area contributed by atoms with Gasteiger partial charge in [-0.1, -0.05) is 107 Å². The molecule has 3 aromatic carbocycles. The quantitative estimate of drug-likeness (QED) is 0.0424. The van der Waals surface area contributed by atoms with Gasteiger partial charge in [-0.25, -0.2) is 4.39 Å². The smallest absolute Gasteiger partial charge is 0.239 e. The van der Waals surface area contributed by atoms with E-state index in [9.17, 15) is 14.6 Å². The fourth-order valence-electron chi connectivity index (χ4n) is 10.7. The van der Waals surface area contributed by atoms with Gasteiger partial charge in [0, 0.05) is 44.1 Å². The zero-order valence-electron chi connectivity index (χ0n) is 40.3. The number of carbonyl (C=O) groups excluding carboxylic acids is 1. The molecule has 2 N–H and O–H groups in total. The van der Waals surface area contributed by atoms with Gasteiger partial charge in [-0.3, -0.25) is 4.79 Å². The van der Waals surface area contributed by atoms with Gasteiger partial charge in [0.15, 0.2) is 0 Å². The first-order valence-corrected chi connectivity index (χ1v) is 25.2. The van der Waals surface area contributed by atoms with Crippen LogP contribution in [-0.2, 0) is 20.9 Å². The molecule has 3 aromatic rings. The third kappa shape index (κ3) is 12.7. The van der Waals surface area contributed by atoms with Crippen LogP contribution in [0.4, 0.5) is 4.39 Å². The zero-order valence-corrected chi connectivity index (χ0v) is 40.3. The van der Waals surface area contributed by atoms with Crippen molar-refractivity contribution >= 4 is 11.6 Å². The normalized spacial score (nSPS) is 22.5. The third-order valence-corrected chi connectivity index (χ3v) is 14.1. The van der Waals surface area contributed by atoms with E-state index in [1.54, 1.807) is 18.2 Å². The molecule has 0 aromatic heterocycles. The first kappa shape index (κ1) is 50.9. The molecule has 9 nitrogen and oxygen atoms in total. The SMILES string of the molecule is C=CCO[C@@]12Oc3ccc(Oc4ccc(C)c(C)c4)cc3[C@H]3[C@H](CCCCO)[C@@H](CCCCO)C=C(C(=NOCC)C[C@@H]1N(Cc1ccc(F)cc1)C(=O)CCCCCCCCCCC)[C@H]32. The summed E-state index contributed by atoms with van der Waals surface area (Å²) in [7, 11) is 0. The summed E-state index contributed by atoms with van der Waals surface area (Å²) in [5, 5.41) is 24.8. The van der Waals surface area contributed by atoms with Gasteiger partial charge in [-0.15, -0.1) is 6.58 Å². The fourth-order valence-corrected chi connectivity index (χ4v) is 10.7. The van der Waals surface area contributed by atoms with Crippen molar-refractivity contribution in [3.05, 3.63) is 113 Å². The molecule has 0 bridgehead atoms. The van der Waals surface area contributed by atoms with Crippen molar-refractivity contribution in [1.82, 2.24) is 4.90 Å². The van der Waals surface area contributed by atoms with Gasteiger partial charge in [0.1, 0.15) is 35.7 Å². The number of ether oxygens (including phenoxy) is 3. The van der Waals surface area contributed by atoms with Crippen LogP contribution in [0.15, 0.2) is 90.1 Å². The molecule has 66 heavy (non-hydrogen) atoms. The largest absolute Gasteiger partial charge is 0.459 e. The molecule has 360 valence electrons. The van der Waals surface area contributed by atoms with Gasteiger partial charge >= 0.3 is 0 Å². The molecule has 0 spiro atoms. The van der Waals surface area contributed by atoms with Crippen LogP contribution in [0.25, 0.3) is 0 Å². The van der Waals surface area contributed by atoms with E-state index in [1.807, 2.05) is 30.0 Å². The number of hydrogen-bond acceptors (Lipinski definition) is 8. The Labute approximate surface area is 394 Å². The molecule has 1 amide bonds. The molecule has 10 heteroatoms. The molecule has 0 radical (unpaired) electrons. The number of halogens is 1. The summed E-state index contributed by atoms with van der Waals surface area (Å²) < 4.78 is 35.7. The molecule has 0 unspecified atom stereocenters. The summed E-state index contributed by atoms with van der Waals surface area (Å²) in [5.74, 6) is -0.0964. The Morgan fingerprint density at radius 3 is 2.23 bits per heavy atom. The van der Waals surface area contributed by atoms with Crippen molar-refractivity contribution in [2.75, 3.05) is 26.4 Å². The average Bonchev–Trinajstić information content (AvgIpc) is 3.32. The Balaban J connectivity index is 1.50. The predicted molar refractivity (Wildman–Crippen MR) is 261 cm³/mol. The van der Waals surface area contributed by atoms with E-state index in [0.29, 0.717) is 43.8 Å². The van der Waals surface area contributed by atoms with E-state index in [-0.39, 0.29) is 55.8 Å². The highest BCUT2D eigenvalue weighted by Gasteiger charge is 2.65. The highest BCUT2D eigenvalue weighted by Crippen LogP contribution is 2.62. The van der Waals surface area contributed by atoms with Crippen molar-refractivity contribution in [3.8, 4) is 17.2 Å². The van der Waals surface area contributed by atoms with Crippen LogP contribution >= 0.6 is 0 Å². The molecule has 6 atom stereocenters. The van der Waals surface area contributed by atoms with Crippen molar-refractivity contribution in [3.63, 3.8) is 0 Å². The lowest BCUT2D eigenvalue weighted by molar-refractivity contribution is -0.258. The Bertz CT molecular complexity index is 2070. The van der Waals surface area contributed by atoms with Crippen LogP contribution in [0.3, 0.4) is 0 Å². The molecule has 1 aliphatic heterocycles. The molecular formula is C56H77FN2O7. The van der Waals surface area contributed by atoms with Crippen LogP contribution in [0.1, 0.15) is 151 Å². The minimum atomic E-state index is -1.39. The molecule has 6 rings (SSSR count). The second-order valence-electron chi connectivity index (χ2n) is 18.8. The maximum atomic E-state index is 15.1. The van der Waals surface area contributed by atoms with Gasteiger partial charge in [0.2, 0.25) is 11.7 Å². The number of allylic oxidation sites excluding steroid dienone is 1. The second-order valence-corrected chi connectivity index (χ2v) is 18.8. The summed E-state index contributed by atoms with van der Waals surface area (Å²) in [6, 6.07) is 17.9. The number of rotatable bonds is 28. The fraction of sp³-hybridized carbons (Fsp3) is 0.571. The molecular weight excluding hydrogens is 832 g/mol. The number of nitrogens with zero attached hydrogens (tertiary/aromatic N) is 2. The topological polar surface area (TPSA) is 110 Å². The molecule has 1 heterocycles. The standard InChI is InChI=1S/C56H77FN2O7/c1-6-9-10-11-12-13-14-15-16-23-53(62)59(39-42-25-27-44(57)28-26-42)52-38-50(58-64-8-3)48-36-43(21-17-19-32-60)47(22-18-20-33-61)54-49-37-46(65-45-29-24-40(4)41(5)35-45)30-31-51(49)66-56(52,55(48)54)63-34-7-2/h7,24-31,35-37,43,47,52,54-55,60-61H,2,6,8-23,32-34,38-39H2,1,3-5H3/t43-,47+,52-,54+,55+,56+/m0/s1. The van der Waals surface area contributed by atoms with E-state index in [2.05, 4.69) is 51.6 Å². The van der Waals surface area contributed by atoms with Gasteiger partial charge in [-0.2, -0.15) is 0 Å². The third-order valence-electron chi connectivity index (χ3n) is 14.1. The Kier molecular flexibility index (Phi) is 19.7. The number of carbonyl (C=O) groups is 1. The minimum Gasteiger partial charge on any atom is -0.459 e. The molecule has 1 saturated carbocycles. The molecule has 0 saturated heterocycles. The predicted octanol–water partition coefficient (Wildman–Crippen LogP) is 12.8. The average molecular weight is 909 g/mol. The number of hydrogen-bond donors (Lipinski definition) is 2. The van der Waals surface area contributed by atoms with Gasteiger partial charge in [0.25, 0.3) is 0 Å². The first-order chi connectivity index (χ1) is 32.2. The van der Waals surface area contributed by atoms with E-state index in [4.69, 9.17) is 24.2 Å². The number of aliphatic hydroxyl groups excluding tert-OH is 2. The van der Waals surface area contributed by atoms with E-state index in [0.717, 1.165) is 78.7 Å². The van der Waals surface area contributed by atoms with Crippen LogP contribution in [0.2, 0.25) is 0 Å². The second kappa shape index (κ2) is 25.6. The van der Waals surface area contributed by atoms with E-state index < -0.39 is 17.7 Å². The summed E-state index contributed by atoms with van der Waals surface area (Å²) in [6.45, 7) is 13.4. The summed E-state index contributed by atoms with van der Waals surface area (Å²) in [5.41, 5.74) is 5.87. The lowest BCUT2D eigenvalue weighted by Crippen LogP contribution is -2.70. The number of fused-ring (bicyclic) bond motifs is 2. The van der Waals surface area contributed by atoms with Crippen LogP contribution in [-0.4, -0.2) is 65.0 Å². The number of unbranched alkanes of at least 4 members (excludes halogenated alkanes) is 10. The number of aliphatic hydroxyl groups is 2. The maximum absolute atomic E-state index is 15.1. The Morgan fingerprint density at radius 1 is 0.864 bits per heavy atom. The maximum Gasteiger partial charge on any atom is 0.239 e. The zero-order chi connectivity index (χ0) is 46.9. The summed E-state index contributed by atoms with van der Waals surface area (Å²) in [4.78, 5) is 23.0. The number of amides is 1. The van der Waals surface area contributed by atoms with Crippen LogP contribution < -0.4 is 9.47 Å². The van der Waals surface area contributed by atoms with Gasteiger partial charge in [0.05, 0.1) is 18.2 Å². The van der Waals surface area contributed by atoms with Crippen molar-refractivity contribution in [1.29, 1.82) is 0 Å². The summed E-state index contributed by atoms with van der Waals surface area (Å²) in [6.07, 6.45) is 19.7. The lowest BCUT2D eigenvalue weighted by Gasteiger charge is -2.60. The number of aryl methyl sites for hydroxylation is 2. The Morgan fingerprint density at radius 2 is 1.55 bits per heavy atom. The summed E-state index contributed by atoms with van der Waals surface area (Å²) >= 11 is 0. The van der Waals surface area contributed by atoms with Crippen molar-refractivity contribution in [2.24, 2.45) is 22.9 Å². The van der Waals surface area contributed by atoms with Crippen LogP contribution in [0.5, 0.6) is 17.2 Å². The number of oxime groups is 1. The monoisotopic (exact) mass is 909 g/mol. The van der Waals surface area contributed by atoms with Crippen LogP contribution in [0, 0.1) is 37.4 Å². The molecule has 2 aliphatic carbocycles. The van der Waals surface area contributed by atoms with E-state index >= 15 is 4.79 Å². The Hall–Kier alpha value is -4.51. The lowest BCUT2D eigenvalue weighted by atomic mass is 9.55. The highest BCUT2D eigenvalue weighted by molar-refractivity contribution is 6.03. The minimum absolute atomic E-state index is 0.0164. The first-order valence-electron chi connectivity index (χ1n) is 25.2. The van der Waals surface area contributed by atoms with Gasteiger partial charge < -0.3 is 34.2 Å². The van der Waals surface area contributed by atoms with Gasteiger partial charge in [-0.05, 0) is 129 Å². The molecule has 3 aliphatic rings. The number of benzene rings is 3. The highest BCUT2D eigenvalue weighted by atomic mass is 19.1. The van der Waals surface area contributed by atoms with E-state index in [1.165, 1.54) is 56.2 Å². The molecule has 1 fully saturated rings. The van der Waals surface area contributed by atoms with Crippen molar-refractivity contribution in [2.45, 2.75) is 161 Å². The van der Waals surface area contributed by atoms with Crippen molar-refractivity contribution < 1.29 is 38.4 Å².